The zero-order chi connectivity index (χ0) is 9.40. The summed E-state index contributed by atoms with van der Waals surface area (Å²) in [6.07, 6.45) is 0. The molecule has 1 heteroatoms. The lowest BCUT2D eigenvalue weighted by atomic mass is 10.3. The van der Waals surface area contributed by atoms with Crippen LogP contribution in [0.4, 0.5) is 5.69 Å². The molecule has 0 unspecified atom stereocenters. The van der Waals surface area contributed by atoms with Gasteiger partial charge in [-0.2, -0.15) is 0 Å². The number of hydrogen-bond acceptors (Lipinski definition) is 1. The second kappa shape index (κ2) is 6.71. The Morgan fingerprint density at radius 1 is 1.08 bits per heavy atom. The molecule has 0 atom stereocenters. The summed E-state index contributed by atoms with van der Waals surface area (Å²) in [5.74, 6) is 0. The molecule has 1 aromatic rings. The molecule has 0 radical (unpaired) electrons. The average Bonchev–Trinajstić information content (AvgIpc) is 2.21. The number of benzene rings is 1. The maximum Gasteiger partial charge on any atom is 0.0363 e. The van der Waals surface area contributed by atoms with E-state index in [0.717, 1.165) is 6.54 Å². The smallest absolute Gasteiger partial charge is 0.0363 e. The molecule has 12 heavy (non-hydrogen) atoms. The molecule has 0 spiro atoms. The van der Waals surface area contributed by atoms with Crippen LogP contribution in [0.5, 0.6) is 0 Å². The van der Waals surface area contributed by atoms with E-state index in [1.807, 2.05) is 19.9 Å². The molecule has 0 amide bonds. The minimum atomic E-state index is 1.06. The molecule has 68 valence electrons. The summed E-state index contributed by atoms with van der Waals surface area (Å²) < 4.78 is 0. The van der Waals surface area contributed by atoms with E-state index >= 15 is 0 Å². The predicted octanol–water partition coefficient (Wildman–Crippen LogP) is 3.17. The van der Waals surface area contributed by atoms with Crippen LogP contribution in [0.1, 0.15) is 20.8 Å². The van der Waals surface area contributed by atoms with Crippen LogP contribution in [0, 0.1) is 0 Å². The van der Waals surface area contributed by atoms with Gasteiger partial charge in [-0.05, 0) is 19.1 Å². The topological polar surface area (TPSA) is 3.24 Å². The molecule has 1 rings (SSSR count). The largest absolute Gasteiger partial charge is 0.375 e. The monoisotopic (exact) mass is 165 g/mol. The number of hydrogen-bond donors (Lipinski definition) is 0. The minimum Gasteiger partial charge on any atom is -0.375 e. The summed E-state index contributed by atoms with van der Waals surface area (Å²) in [5, 5.41) is 0. The van der Waals surface area contributed by atoms with Crippen molar-refractivity contribution in [2.45, 2.75) is 20.8 Å². The lowest BCUT2D eigenvalue weighted by Crippen LogP contribution is -2.15. The van der Waals surface area contributed by atoms with E-state index in [1.54, 1.807) is 0 Å². The molecule has 1 aromatic carbocycles. The summed E-state index contributed by atoms with van der Waals surface area (Å²) in [6, 6.07) is 10.4. The van der Waals surface area contributed by atoms with E-state index in [2.05, 4.69) is 43.1 Å². The molecule has 0 fully saturated rings. The van der Waals surface area contributed by atoms with Gasteiger partial charge in [0.25, 0.3) is 0 Å². The summed E-state index contributed by atoms with van der Waals surface area (Å²) >= 11 is 0. The maximum atomic E-state index is 2.21. The lowest BCUT2D eigenvalue weighted by Gasteiger charge is -2.15. The van der Waals surface area contributed by atoms with Crippen LogP contribution in [0.25, 0.3) is 0 Å². The highest BCUT2D eigenvalue weighted by Gasteiger charge is 1.92. The van der Waals surface area contributed by atoms with E-state index in [0.29, 0.717) is 0 Å². The molecule has 0 aromatic heterocycles. The molecular formula is C11H19N. The van der Waals surface area contributed by atoms with Crippen LogP contribution in [-0.2, 0) is 0 Å². The van der Waals surface area contributed by atoms with Gasteiger partial charge in [-0.25, -0.2) is 0 Å². The van der Waals surface area contributed by atoms with Gasteiger partial charge in [0.05, 0.1) is 0 Å². The Bertz CT molecular complexity index is 181. The Hall–Kier alpha value is -0.980. The lowest BCUT2D eigenvalue weighted by molar-refractivity contribution is 0.968. The van der Waals surface area contributed by atoms with Crippen LogP contribution in [-0.4, -0.2) is 13.6 Å². The second-order valence-corrected chi connectivity index (χ2v) is 2.35. The normalized spacial score (nSPS) is 8.33. The Labute approximate surface area is 76.0 Å². The highest BCUT2D eigenvalue weighted by Crippen LogP contribution is 2.09. The van der Waals surface area contributed by atoms with Crippen LogP contribution >= 0.6 is 0 Å². The minimum absolute atomic E-state index is 1.06. The summed E-state index contributed by atoms with van der Waals surface area (Å²) in [4.78, 5) is 2.21. The molecule has 0 aliphatic heterocycles. The molecule has 0 aliphatic carbocycles. The molecule has 1 nitrogen and oxygen atoms in total. The van der Waals surface area contributed by atoms with Gasteiger partial charge in [-0.3, -0.25) is 0 Å². The first-order valence-electron chi connectivity index (χ1n) is 4.60. The fraction of sp³-hybridized carbons (Fsp3) is 0.455. The van der Waals surface area contributed by atoms with Crippen molar-refractivity contribution in [3.63, 3.8) is 0 Å². The van der Waals surface area contributed by atoms with E-state index < -0.39 is 0 Å². The zero-order valence-corrected chi connectivity index (χ0v) is 8.54. The first kappa shape index (κ1) is 11.0. The molecule has 0 heterocycles. The van der Waals surface area contributed by atoms with E-state index in [9.17, 15) is 0 Å². The quantitative estimate of drug-likeness (QED) is 0.650. The van der Waals surface area contributed by atoms with Gasteiger partial charge in [0.15, 0.2) is 0 Å². The van der Waals surface area contributed by atoms with Crippen LogP contribution in [0.2, 0.25) is 0 Å². The van der Waals surface area contributed by atoms with Crippen molar-refractivity contribution in [3.8, 4) is 0 Å². The fourth-order valence-corrected chi connectivity index (χ4v) is 0.865. The molecule has 0 N–H and O–H groups in total. The molecule has 0 saturated heterocycles. The Morgan fingerprint density at radius 3 is 2.00 bits per heavy atom. The zero-order valence-electron chi connectivity index (χ0n) is 8.54. The second-order valence-electron chi connectivity index (χ2n) is 2.35. The SMILES string of the molecule is CC.CCN(C)c1ccccc1. The van der Waals surface area contributed by atoms with Gasteiger partial charge in [-0.15, -0.1) is 0 Å². The Balaban J connectivity index is 0.000000561. The third-order valence-corrected chi connectivity index (χ3v) is 1.67. The molecule has 0 saturated carbocycles. The average molecular weight is 165 g/mol. The van der Waals surface area contributed by atoms with Crippen molar-refractivity contribution in [1.82, 2.24) is 0 Å². The number of anilines is 1. The van der Waals surface area contributed by atoms with Gasteiger partial charge < -0.3 is 4.90 Å². The van der Waals surface area contributed by atoms with E-state index in [-0.39, 0.29) is 0 Å². The van der Waals surface area contributed by atoms with Crippen molar-refractivity contribution in [2.75, 3.05) is 18.5 Å². The van der Waals surface area contributed by atoms with Crippen molar-refractivity contribution in [1.29, 1.82) is 0 Å². The van der Waals surface area contributed by atoms with E-state index in [1.165, 1.54) is 5.69 Å². The number of rotatable bonds is 2. The van der Waals surface area contributed by atoms with Gasteiger partial charge in [0.1, 0.15) is 0 Å². The van der Waals surface area contributed by atoms with Crippen molar-refractivity contribution < 1.29 is 0 Å². The standard InChI is InChI=1S/C9H13N.C2H6/c1-3-10(2)9-7-5-4-6-8-9;1-2/h4-8H,3H2,1-2H3;1-2H3. The first-order valence-corrected chi connectivity index (χ1v) is 4.60. The van der Waals surface area contributed by atoms with Crippen molar-refractivity contribution >= 4 is 5.69 Å². The fourth-order valence-electron chi connectivity index (χ4n) is 0.865. The van der Waals surface area contributed by atoms with Crippen molar-refractivity contribution in [3.05, 3.63) is 30.3 Å². The summed E-state index contributed by atoms with van der Waals surface area (Å²) in [5.41, 5.74) is 1.28. The summed E-state index contributed by atoms with van der Waals surface area (Å²) in [7, 11) is 2.09. The molecule has 0 aliphatic rings. The van der Waals surface area contributed by atoms with E-state index in [4.69, 9.17) is 0 Å². The summed E-state index contributed by atoms with van der Waals surface area (Å²) in [6.45, 7) is 7.21. The van der Waals surface area contributed by atoms with Gasteiger partial charge in [0.2, 0.25) is 0 Å². The Morgan fingerprint density at radius 2 is 1.58 bits per heavy atom. The maximum absolute atomic E-state index is 2.21. The van der Waals surface area contributed by atoms with Crippen LogP contribution in [0.15, 0.2) is 30.3 Å². The highest BCUT2D eigenvalue weighted by atomic mass is 15.1. The number of nitrogens with zero attached hydrogens (tertiary/aromatic N) is 1. The first-order chi connectivity index (χ1) is 5.84. The van der Waals surface area contributed by atoms with Crippen molar-refractivity contribution in [2.24, 2.45) is 0 Å². The van der Waals surface area contributed by atoms with Gasteiger partial charge in [-0.1, -0.05) is 32.0 Å². The van der Waals surface area contributed by atoms with Crippen LogP contribution in [0.3, 0.4) is 0 Å². The van der Waals surface area contributed by atoms with Crippen LogP contribution < -0.4 is 4.90 Å². The molecular weight excluding hydrogens is 146 g/mol. The third-order valence-electron chi connectivity index (χ3n) is 1.67. The predicted molar refractivity (Wildman–Crippen MR) is 56.7 cm³/mol. The van der Waals surface area contributed by atoms with Gasteiger partial charge >= 0.3 is 0 Å². The Kier molecular flexibility index (Phi) is 6.16. The third kappa shape index (κ3) is 3.42. The molecule has 0 bridgehead atoms. The van der Waals surface area contributed by atoms with Gasteiger partial charge in [0, 0.05) is 19.3 Å². The highest BCUT2D eigenvalue weighted by molar-refractivity contribution is 5.44. The number of para-hydroxylation sites is 1.